The summed E-state index contributed by atoms with van der Waals surface area (Å²) in [6.45, 7) is 8.01. The van der Waals surface area contributed by atoms with Gasteiger partial charge in [0.25, 0.3) is 5.69 Å². The molecule has 0 amide bonds. The molecule has 0 radical (unpaired) electrons. The fourth-order valence-electron chi connectivity index (χ4n) is 1.80. The molecule has 0 atom stereocenters. The van der Waals surface area contributed by atoms with E-state index in [-0.39, 0.29) is 29.7 Å². The molecule has 8 nitrogen and oxygen atoms in total. The van der Waals surface area contributed by atoms with Crippen LogP contribution >= 0.6 is 24.0 Å². The number of ether oxygens (including phenoxy) is 1. The van der Waals surface area contributed by atoms with Gasteiger partial charge in [-0.2, -0.15) is 0 Å². The van der Waals surface area contributed by atoms with Crippen molar-refractivity contribution in [3.63, 3.8) is 0 Å². The molecule has 0 fully saturated rings. The van der Waals surface area contributed by atoms with E-state index in [1.54, 1.807) is 12.1 Å². The number of non-ortho nitro benzene ring substituents is 1. The number of nitro groups is 1. The third-order valence-electron chi connectivity index (χ3n) is 2.88. The summed E-state index contributed by atoms with van der Waals surface area (Å²) in [5.74, 6) is 0.748. The quantitative estimate of drug-likeness (QED) is 0.126. The smallest absolute Gasteiger partial charge is 0.269 e. The lowest BCUT2D eigenvalue weighted by molar-refractivity contribution is -0.384. The molecule has 3 N–H and O–H groups in total. The predicted octanol–water partition coefficient (Wildman–Crippen LogP) is 2.22. The molecule has 0 aromatic heterocycles. The van der Waals surface area contributed by atoms with Gasteiger partial charge in [0, 0.05) is 44.1 Å². The number of nitro benzene ring substituents is 1. The van der Waals surface area contributed by atoms with Crippen LogP contribution in [0.3, 0.4) is 0 Å². The van der Waals surface area contributed by atoms with Gasteiger partial charge in [-0.25, -0.2) is 0 Å². The van der Waals surface area contributed by atoms with Crippen LogP contribution in [0.25, 0.3) is 0 Å². The number of nitrogens with one attached hydrogen (secondary N) is 3. The van der Waals surface area contributed by atoms with Gasteiger partial charge < -0.3 is 20.7 Å². The van der Waals surface area contributed by atoms with E-state index in [0.717, 1.165) is 18.2 Å². The third kappa shape index (κ3) is 9.50. The highest BCUT2D eigenvalue weighted by Gasteiger charge is 2.03. The predicted molar refractivity (Wildman–Crippen MR) is 107 cm³/mol. The monoisotopic (exact) mass is 451 g/mol. The number of nitrogens with zero attached hydrogens (tertiary/aromatic N) is 2. The molecule has 0 aliphatic rings. The summed E-state index contributed by atoms with van der Waals surface area (Å²) < 4.78 is 5.25. The molecule has 1 aromatic rings. The van der Waals surface area contributed by atoms with Crippen molar-refractivity contribution in [3.05, 3.63) is 34.4 Å². The van der Waals surface area contributed by atoms with Gasteiger partial charge >= 0.3 is 0 Å². The maximum absolute atomic E-state index is 10.6. The van der Waals surface area contributed by atoms with E-state index in [2.05, 4.69) is 20.9 Å². The molecule has 1 aromatic carbocycles. The standard InChI is InChI=1S/C15H25N5O3.HI/c1-3-16-15(19-11-12-23-4-2)18-10-9-17-13-5-7-14(8-6-13)20(21)22;/h5-8,17H,3-4,9-12H2,1-2H3,(H2,16,18,19);1H. The van der Waals surface area contributed by atoms with Gasteiger partial charge in [-0.15, -0.1) is 24.0 Å². The minimum atomic E-state index is -0.410. The number of halogens is 1. The largest absolute Gasteiger partial charge is 0.383 e. The van der Waals surface area contributed by atoms with Crippen LogP contribution in [0.4, 0.5) is 11.4 Å². The van der Waals surface area contributed by atoms with Crippen LogP contribution in [-0.2, 0) is 4.74 Å². The van der Waals surface area contributed by atoms with Crippen molar-refractivity contribution < 1.29 is 9.66 Å². The van der Waals surface area contributed by atoms with Crippen molar-refractivity contribution in [2.24, 2.45) is 4.99 Å². The summed E-state index contributed by atoms with van der Waals surface area (Å²) in [5, 5.41) is 20.1. The summed E-state index contributed by atoms with van der Waals surface area (Å²) in [6.07, 6.45) is 0. The maximum Gasteiger partial charge on any atom is 0.269 e. The molecule has 0 saturated heterocycles. The van der Waals surface area contributed by atoms with E-state index in [1.165, 1.54) is 12.1 Å². The first-order valence-corrected chi connectivity index (χ1v) is 7.75. The first-order valence-electron chi connectivity index (χ1n) is 7.75. The molecule has 9 heteroatoms. The van der Waals surface area contributed by atoms with E-state index >= 15 is 0 Å². The summed E-state index contributed by atoms with van der Waals surface area (Å²) in [6, 6.07) is 6.35. The topological polar surface area (TPSA) is 101 Å². The van der Waals surface area contributed by atoms with Gasteiger partial charge in [0.2, 0.25) is 0 Å². The van der Waals surface area contributed by atoms with Crippen LogP contribution in [0.15, 0.2) is 29.3 Å². The second kappa shape index (κ2) is 13.8. The molecular weight excluding hydrogens is 425 g/mol. The van der Waals surface area contributed by atoms with E-state index in [1.807, 2.05) is 13.8 Å². The minimum absolute atomic E-state index is 0. The molecule has 1 rings (SSSR count). The zero-order valence-corrected chi connectivity index (χ0v) is 16.4. The fraction of sp³-hybridized carbons (Fsp3) is 0.533. The average molecular weight is 451 g/mol. The molecule has 0 spiro atoms. The number of anilines is 1. The molecule has 0 aliphatic heterocycles. The Morgan fingerprint density at radius 1 is 1.21 bits per heavy atom. The molecule has 0 aliphatic carbocycles. The molecule has 0 bridgehead atoms. The van der Waals surface area contributed by atoms with Crippen molar-refractivity contribution >= 4 is 41.3 Å². The number of aliphatic imine (C=N–C) groups is 1. The van der Waals surface area contributed by atoms with Gasteiger partial charge in [0.1, 0.15) is 0 Å². The summed E-state index contributed by atoms with van der Waals surface area (Å²) in [4.78, 5) is 14.6. The van der Waals surface area contributed by atoms with E-state index < -0.39 is 4.92 Å². The number of hydrogen-bond donors (Lipinski definition) is 3. The van der Waals surface area contributed by atoms with E-state index in [9.17, 15) is 10.1 Å². The Bertz CT molecular complexity index is 496. The highest BCUT2D eigenvalue weighted by Crippen LogP contribution is 2.14. The summed E-state index contributed by atoms with van der Waals surface area (Å²) in [5.41, 5.74) is 0.931. The number of guanidine groups is 1. The van der Waals surface area contributed by atoms with Gasteiger partial charge in [-0.3, -0.25) is 15.1 Å². The van der Waals surface area contributed by atoms with Crippen LogP contribution in [0.1, 0.15) is 13.8 Å². The van der Waals surface area contributed by atoms with Crippen LogP contribution < -0.4 is 16.0 Å². The van der Waals surface area contributed by atoms with Crippen LogP contribution in [-0.4, -0.2) is 50.3 Å². The van der Waals surface area contributed by atoms with Crippen molar-refractivity contribution in [1.29, 1.82) is 0 Å². The molecule has 0 heterocycles. The maximum atomic E-state index is 10.6. The van der Waals surface area contributed by atoms with Crippen LogP contribution in [0.5, 0.6) is 0 Å². The van der Waals surface area contributed by atoms with Gasteiger partial charge in [-0.1, -0.05) is 0 Å². The van der Waals surface area contributed by atoms with Crippen molar-refractivity contribution in [3.8, 4) is 0 Å². The van der Waals surface area contributed by atoms with Crippen molar-refractivity contribution in [2.75, 3.05) is 44.7 Å². The Kier molecular flexibility index (Phi) is 12.9. The lowest BCUT2D eigenvalue weighted by atomic mass is 10.3. The zero-order chi connectivity index (χ0) is 16.9. The Balaban J connectivity index is 0.00000529. The third-order valence-corrected chi connectivity index (χ3v) is 2.88. The number of hydrogen-bond acceptors (Lipinski definition) is 5. The van der Waals surface area contributed by atoms with Crippen LogP contribution in [0, 0.1) is 10.1 Å². The number of benzene rings is 1. The first kappa shape index (κ1) is 22.4. The normalized spacial score (nSPS) is 10.7. The van der Waals surface area contributed by atoms with E-state index in [4.69, 9.17) is 4.74 Å². The lowest BCUT2D eigenvalue weighted by Crippen LogP contribution is -2.39. The first-order chi connectivity index (χ1) is 11.2. The Hall–Kier alpha value is -1.62. The van der Waals surface area contributed by atoms with Crippen molar-refractivity contribution in [1.82, 2.24) is 10.6 Å². The molecular formula is C15H26IN5O3. The Morgan fingerprint density at radius 2 is 1.92 bits per heavy atom. The lowest BCUT2D eigenvalue weighted by Gasteiger charge is -2.12. The van der Waals surface area contributed by atoms with Gasteiger partial charge in [-0.05, 0) is 26.0 Å². The number of rotatable bonds is 10. The van der Waals surface area contributed by atoms with Crippen molar-refractivity contribution in [2.45, 2.75) is 13.8 Å². The second-order valence-electron chi connectivity index (χ2n) is 4.62. The fourth-order valence-corrected chi connectivity index (χ4v) is 1.80. The summed E-state index contributed by atoms with van der Waals surface area (Å²) in [7, 11) is 0. The molecule has 136 valence electrons. The zero-order valence-electron chi connectivity index (χ0n) is 14.1. The highest BCUT2D eigenvalue weighted by molar-refractivity contribution is 14.0. The molecule has 24 heavy (non-hydrogen) atoms. The van der Waals surface area contributed by atoms with E-state index in [0.29, 0.717) is 32.8 Å². The van der Waals surface area contributed by atoms with Crippen LogP contribution in [0.2, 0.25) is 0 Å². The molecule has 0 saturated carbocycles. The van der Waals surface area contributed by atoms with Gasteiger partial charge in [0.15, 0.2) is 5.96 Å². The Morgan fingerprint density at radius 3 is 2.50 bits per heavy atom. The Labute approximate surface area is 159 Å². The average Bonchev–Trinajstić information content (AvgIpc) is 2.55. The van der Waals surface area contributed by atoms with Gasteiger partial charge in [0.05, 0.1) is 18.1 Å². The second-order valence-corrected chi connectivity index (χ2v) is 4.62. The summed E-state index contributed by atoms with van der Waals surface area (Å²) >= 11 is 0. The molecule has 0 unspecified atom stereocenters. The highest BCUT2D eigenvalue weighted by atomic mass is 127. The SMILES string of the molecule is CCNC(=NCCOCC)NCCNc1ccc([N+](=O)[O-])cc1.I. The minimum Gasteiger partial charge on any atom is -0.383 e.